The SMILES string of the molecule is COc1ccc(-c2noc([C@H](N)CCSC)n2)cc1C. The Kier molecular flexibility index (Phi) is 5.03. The normalized spacial score (nSPS) is 12.4. The molecule has 0 aliphatic heterocycles. The Morgan fingerprint density at radius 1 is 1.45 bits per heavy atom. The lowest BCUT2D eigenvalue weighted by atomic mass is 10.1. The molecular formula is C14H19N3O2S. The highest BCUT2D eigenvalue weighted by molar-refractivity contribution is 7.98. The van der Waals surface area contributed by atoms with Gasteiger partial charge >= 0.3 is 0 Å². The second-order valence-corrected chi connectivity index (χ2v) is 5.51. The molecule has 0 bridgehead atoms. The lowest BCUT2D eigenvalue weighted by molar-refractivity contribution is 0.353. The predicted octanol–water partition coefficient (Wildman–Crippen LogP) is 2.81. The highest BCUT2D eigenvalue weighted by atomic mass is 32.2. The maximum Gasteiger partial charge on any atom is 0.243 e. The van der Waals surface area contributed by atoms with Crippen molar-refractivity contribution in [3.8, 4) is 17.1 Å². The molecule has 2 aromatic rings. The summed E-state index contributed by atoms with van der Waals surface area (Å²) in [5.41, 5.74) is 7.95. The second kappa shape index (κ2) is 6.76. The first-order valence-electron chi connectivity index (χ1n) is 6.39. The van der Waals surface area contributed by atoms with Gasteiger partial charge in [-0.1, -0.05) is 5.16 Å². The number of hydrogen-bond acceptors (Lipinski definition) is 6. The Balaban J connectivity index is 2.18. The first-order chi connectivity index (χ1) is 9.65. The molecule has 0 fully saturated rings. The van der Waals surface area contributed by atoms with Gasteiger partial charge in [-0.05, 0) is 49.1 Å². The van der Waals surface area contributed by atoms with Crippen molar-refractivity contribution >= 4 is 11.8 Å². The van der Waals surface area contributed by atoms with Crippen LogP contribution in [0.2, 0.25) is 0 Å². The minimum atomic E-state index is -0.206. The van der Waals surface area contributed by atoms with E-state index in [0.717, 1.165) is 29.1 Å². The fourth-order valence-corrected chi connectivity index (χ4v) is 2.38. The van der Waals surface area contributed by atoms with E-state index in [1.165, 1.54) is 0 Å². The number of hydrogen-bond donors (Lipinski definition) is 1. The van der Waals surface area contributed by atoms with Crippen molar-refractivity contribution in [3.63, 3.8) is 0 Å². The third-order valence-electron chi connectivity index (χ3n) is 3.04. The standard InChI is InChI=1S/C14H19N3O2S/c1-9-8-10(4-5-12(9)18-2)13-16-14(19-17-13)11(15)6-7-20-3/h4-5,8,11H,6-7,15H2,1-3H3/t11-/m1/s1. The molecule has 0 aliphatic carbocycles. The highest BCUT2D eigenvalue weighted by Crippen LogP contribution is 2.25. The summed E-state index contributed by atoms with van der Waals surface area (Å²) in [5.74, 6) is 2.86. The van der Waals surface area contributed by atoms with E-state index in [9.17, 15) is 0 Å². The van der Waals surface area contributed by atoms with Gasteiger partial charge in [0.25, 0.3) is 0 Å². The van der Waals surface area contributed by atoms with Crippen LogP contribution in [0.5, 0.6) is 5.75 Å². The molecule has 6 heteroatoms. The molecule has 0 amide bonds. The Hall–Kier alpha value is -1.53. The Bertz CT molecular complexity index is 571. The third kappa shape index (κ3) is 3.32. The van der Waals surface area contributed by atoms with Gasteiger partial charge in [-0.3, -0.25) is 0 Å². The van der Waals surface area contributed by atoms with Crippen LogP contribution in [0.25, 0.3) is 11.4 Å². The van der Waals surface area contributed by atoms with Gasteiger partial charge in [0.1, 0.15) is 5.75 Å². The van der Waals surface area contributed by atoms with Crippen LogP contribution in [-0.2, 0) is 0 Å². The van der Waals surface area contributed by atoms with E-state index < -0.39 is 0 Å². The van der Waals surface area contributed by atoms with Gasteiger partial charge in [0.05, 0.1) is 13.2 Å². The van der Waals surface area contributed by atoms with E-state index in [0.29, 0.717) is 11.7 Å². The van der Waals surface area contributed by atoms with Crippen LogP contribution in [0.1, 0.15) is 23.9 Å². The summed E-state index contributed by atoms with van der Waals surface area (Å²) in [4.78, 5) is 4.38. The molecule has 2 rings (SSSR count). The van der Waals surface area contributed by atoms with Crippen molar-refractivity contribution < 1.29 is 9.26 Å². The average molecular weight is 293 g/mol. The van der Waals surface area contributed by atoms with Crippen molar-refractivity contribution in [2.45, 2.75) is 19.4 Å². The molecule has 0 radical (unpaired) electrons. The summed E-state index contributed by atoms with van der Waals surface area (Å²) in [6, 6.07) is 5.58. The number of nitrogens with zero attached hydrogens (tertiary/aromatic N) is 2. The first-order valence-corrected chi connectivity index (χ1v) is 7.78. The predicted molar refractivity (Wildman–Crippen MR) is 81.0 cm³/mol. The van der Waals surface area contributed by atoms with Crippen LogP contribution in [0.15, 0.2) is 22.7 Å². The molecule has 0 spiro atoms. The molecule has 108 valence electrons. The largest absolute Gasteiger partial charge is 0.496 e. The van der Waals surface area contributed by atoms with E-state index in [1.54, 1.807) is 18.9 Å². The minimum Gasteiger partial charge on any atom is -0.496 e. The molecule has 0 unspecified atom stereocenters. The smallest absolute Gasteiger partial charge is 0.243 e. The molecule has 0 aliphatic rings. The number of benzene rings is 1. The molecule has 1 aromatic heterocycles. The van der Waals surface area contributed by atoms with Crippen LogP contribution in [0, 0.1) is 6.92 Å². The number of ether oxygens (including phenoxy) is 1. The van der Waals surface area contributed by atoms with Crippen molar-refractivity contribution in [3.05, 3.63) is 29.7 Å². The summed E-state index contributed by atoms with van der Waals surface area (Å²) < 4.78 is 10.5. The zero-order valence-corrected chi connectivity index (χ0v) is 12.7. The number of aryl methyl sites for hydroxylation is 1. The molecule has 0 saturated carbocycles. The van der Waals surface area contributed by atoms with Crippen LogP contribution >= 0.6 is 11.8 Å². The monoisotopic (exact) mass is 293 g/mol. The third-order valence-corrected chi connectivity index (χ3v) is 3.69. The van der Waals surface area contributed by atoms with Crippen LogP contribution in [-0.4, -0.2) is 29.3 Å². The number of nitrogens with two attached hydrogens (primary N) is 1. The topological polar surface area (TPSA) is 74.2 Å². The number of thioether (sulfide) groups is 1. The second-order valence-electron chi connectivity index (χ2n) is 4.53. The van der Waals surface area contributed by atoms with E-state index in [1.807, 2.05) is 31.4 Å². The molecule has 20 heavy (non-hydrogen) atoms. The van der Waals surface area contributed by atoms with Crippen LogP contribution in [0.4, 0.5) is 0 Å². The molecule has 1 atom stereocenters. The Morgan fingerprint density at radius 3 is 2.90 bits per heavy atom. The van der Waals surface area contributed by atoms with E-state index in [4.69, 9.17) is 15.0 Å². The number of methoxy groups -OCH3 is 1. The highest BCUT2D eigenvalue weighted by Gasteiger charge is 2.15. The maximum absolute atomic E-state index is 6.02. The lowest BCUT2D eigenvalue weighted by Gasteiger charge is -2.05. The summed E-state index contributed by atoms with van der Waals surface area (Å²) in [7, 11) is 1.65. The van der Waals surface area contributed by atoms with E-state index in [2.05, 4.69) is 10.1 Å². The summed E-state index contributed by atoms with van der Waals surface area (Å²) >= 11 is 1.75. The van der Waals surface area contributed by atoms with Crippen molar-refractivity contribution in [1.82, 2.24) is 10.1 Å². The van der Waals surface area contributed by atoms with E-state index >= 15 is 0 Å². The lowest BCUT2D eigenvalue weighted by Crippen LogP contribution is -2.11. The molecule has 0 saturated heterocycles. The number of aromatic nitrogens is 2. The quantitative estimate of drug-likeness (QED) is 0.882. The number of rotatable bonds is 6. The minimum absolute atomic E-state index is 0.206. The van der Waals surface area contributed by atoms with Gasteiger partial charge in [-0.15, -0.1) is 0 Å². The van der Waals surface area contributed by atoms with Gasteiger partial charge < -0.3 is 15.0 Å². The molecular weight excluding hydrogens is 274 g/mol. The van der Waals surface area contributed by atoms with Crippen molar-refractivity contribution in [1.29, 1.82) is 0 Å². The van der Waals surface area contributed by atoms with Crippen molar-refractivity contribution in [2.75, 3.05) is 19.1 Å². The Labute approximate surface area is 122 Å². The molecule has 2 N–H and O–H groups in total. The van der Waals surface area contributed by atoms with Crippen molar-refractivity contribution in [2.24, 2.45) is 5.73 Å². The average Bonchev–Trinajstić information content (AvgIpc) is 2.94. The van der Waals surface area contributed by atoms with Gasteiger partial charge in [-0.25, -0.2) is 0 Å². The zero-order valence-electron chi connectivity index (χ0n) is 11.9. The van der Waals surface area contributed by atoms with Gasteiger partial charge in [-0.2, -0.15) is 16.7 Å². The van der Waals surface area contributed by atoms with E-state index in [-0.39, 0.29) is 6.04 Å². The first kappa shape index (κ1) is 14.9. The molecule has 5 nitrogen and oxygen atoms in total. The van der Waals surface area contributed by atoms with Gasteiger partial charge in [0.2, 0.25) is 11.7 Å². The fraction of sp³-hybridized carbons (Fsp3) is 0.429. The molecule has 1 heterocycles. The maximum atomic E-state index is 6.02. The fourth-order valence-electron chi connectivity index (χ4n) is 1.89. The van der Waals surface area contributed by atoms with Crippen LogP contribution < -0.4 is 10.5 Å². The van der Waals surface area contributed by atoms with Gasteiger partial charge in [0, 0.05) is 5.56 Å². The Morgan fingerprint density at radius 2 is 2.25 bits per heavy atom. The summed E-state index contributed by atoms with van der Waals surface area (Å²) in [6.07, 6.45) is 2.87. The summed E-state index contributed by atoms with van der Waals surface area (Å²) in [6.45, 7) is 1.98. The van der Waals surface area contributed by atoms with Gasteiger partial charge in [0.15, 0.2) is 0 Å². The van der Waals surface area contributed by atoms with Crippen LogP contribution in [0.3, 0.4) is 0 Å². The summed E-state index contributed by atoms with van der Waals surface area (Å²) in [5, 5.41) is 4.00. The molecule has 1 aromatic carbocycles. The zero-order chi connectivity index (χ0) is 14.5.